The summed E-state index contributed by atoms with van der Waals surface area (Å²) in [6.45, 7) is 11.0. The van der Waals surface area contributed by atoms with Crippen molar-refractivity contribution in [1.82, 2.24) is 20.2 Å². The number of likely N-dealkylation sites (N-methyl/N-ethyl adjacent to an activating group) is 2. The highest BCUT2D eigenvalue weighted by Gasteiger charge is 2.27. The molecule has 1 aliphatic rings. The molecule has 0 spiro atoms. The fraction of sp³-hybridized carbons (Fsp3) is 0.467. The van der Waals surface area contributed by atoms with Crippen LogP contribution in [-0.2, 0) is 27.4 Å². The van der Waals surface area contributed by atoms with E-state index in [2.05, 4.69) is 5.32 Å². The van der Waals surface area contributed by atoms with Crippen molar-refractivity contribution >= 4 is 29.5 Å². The number of primary amides is 1. The van der Waals surface area contributed by atoms with E-state index in [0.717, 1.165) is 5.56 Å². The molecule has 11 heteroatoms. The lowest BCUT2D eigenvalue weighted by Crippen LogP contribution is -2.48. The zero-order chi connectivity index (χ0) is 30.3. The SMILES string of the molecule is CCN(CCNC(=O)CN(CC(=O)N(C)N1Cc2ccccc2C1)c1cc(C(N)=O)ccc1C)C(=O)OC(C)(C)C. The number of nitrogens with zero attached hydrogens (tertiary/aromatic N) is 4. The standard InChI is InChI=1S/C30H42N6O5/c1-7-34(29(40)41-30(3,4)5)15-14-32-26(37)19-35(25-16-22(28(31)39)13-12-21(25)2)20-27(38)33(6)36-17-23-10-8-9-11-24(23)18-36/h8-13,16H,7,14-15,17-20H2,1-6H3,(H2,31,39)(H,32,37). The molecule has 0 fully saturated rings. The maximum absolute atomic E-state index is 13.5. The van der Waals surface area contributed by atoms with Crippen LogP contribution in [0, 0.1) is 6.92 Å². The topological polar surface area (TPSA) is 129 Å². The van der Waals surface area contributed by atoms with Gasteiger partial charge in [-0.15, -0.1) is 0 Å². The second-order valence-electron chi connectivity index (χ2n) is 11.1. The van der Waals surface area contributed by atoms with Gasteiger partial charge in [-0.05, 0) is 63.4 Å². The number of carbonyl (C=O) groups is 4. The molecule has 222 valence electrons. The van der Waals surface area contributed by atoms with Crippen molar-refractivity contribution in [3.63, 3.8) is 0 Å². The van der Waals surface area contributed by atoms with Crippen LogP contribution in [0.1, 0.15) is 54.7 Å². The molecule has 4 amide bonds. The van der Waals surface area contributed by atoms with Crippen LogP contribution in [-0.4, -0.2) is 84.1 Å². The Morgan fingerprint density at radius 3 is 2.22 bits per heavy atom. The van der Waals surface area contributed by atoms with Gasteiger partial charge in [0.15, 0.2) is 0 Å². The smallest absolute Gasteiger partial charge is 0.410 e. The van der Waals surface area contributed by atoms with E-state index in [1.807, 2.05) is 43.1 Å². The number of aryl methyl sites for hydroxylation is 1. The van der Waals surface area contributed by atoms with Crippen LogP contribution in [0.5, 0.6) is 0 Å². The first kappa shape index (κ1) is 31.4. The zero-order valence-electron chi connectivity index (χ0n) is 24.9. The van der Waals surface area contributed by atoms with Gasteiger partial charge in [0.05, 0.1) is 13.1 Å². The van der Waals surface area contributed by atoms with Crippen molar-refractivity contribution in [3.8, 4) is 0 Å². The number of carbonyl (C=O) groups excluding carboxylic acids is 4. The molecule has 3 rings (SSSR count). The average Bonchev–Trinajstić information content (AvgIpc) is 3.33. The molecule has 0 aliphatic carbocycles. The summed E-state index contributed by atoms with van der Waals surface area (Å²) < 4.78 is 5.43. The largest absolute Gasteiger partial charge is 0.444 e. The molecular weight excluding hydrogens is 524 g/mol. The molecule has 0 atom stereocenters. The van der Waals surface area contributed by atoms with Crippen LogP contribution >= 0.6 is 0 Å². The van der Waals surface area contributed by atoms with Gasteiger partial charge in [0, 0.05) is 51.0 Å². The van der Waals surface area contributed by atoms with E-state index in [4.69, 9.17) is 10.5 Å². The Balaban J connectivity index is 1.70. The number of amides is 4. The summed E-state index contributed by atoms with van der Waals surface area (Å²) in [5.74, 6) is -1.15. The number of rotatable bonds is 11. The van der Waals surface area contributed by atoms with Gasteiger partial charge < -0.3 is 25.6 Å². The van der Waals surface area contributed by atoms with Crippen molar-refractivity contribution in [2.75, 3.05) is 44.7 Å². The molecular formula is C30H42N6O5. The Hall–Kier alpha value is -4.12. The fourth-order valence-electron chi connectivity index (χ4n) is 4.54. The van der Waals surface area contributed by atoms with Gasteiger partial charge in [0.2, 0.25) is 11.8 Å². The van der Waals surface area contributed by atoms with Gasteiger partial charge in [0.1, 0.15) is 5.60 Å². The molecule has 2 aromatic carbocycles. The lowest BCUT2D eigenvalue weighted by atomic mass is 10.1. The third-order valence-electron chi connectivity index (χ3n) is 6.84. The number of hydrazine groups is 1. The molecule has 41 heavy (non-hydrogen) atoms. The maximum Gasteiger partial charge on any atom is 0.410 e. The van der Waals surface area contributed by atoms with Crippen LogP contribution in [0.25, 0.3) is 0 Å². The maximum atomic E-state index is 13.5. The third kappa shape index (κ3) is 8.68. The Morgan fingerprint density at radius 2 is 1.66 bits per heavy atom. The molecule has 0 saturated carbocycles. The van der Waals surface area contributed by atoms with Crippen LogP contribution in [0.15, 0.2) is 42.5 Å². The molecule has 0 radical (unpaired) electrons. The van der Waals surface area contributed by atoms with Gasteiger partial charge in [-0.3, -0.25) is 19.4 Å². The van der Waals surface area contributed by atoms with Crippen LogP contribution < -0.4 is 16.0 Å². The number of nitrogens with two attached hydrogens (primary N) is 1. The number of hydrogen-bond donors (Lipinski definition) is 2. The predicted octanol–water partition coefficient (Wildman–Crippen LogP) is 2.66. The van der Waals surface area contributed by atoms with Crippen molar-refractivity contribution < 1.29 is 23.9 Å². The molecule has 2 aromatic rings. The Labute approximate surface area is 242 Å². The summed E-state index contributed by atoms with van der Waals surface area (Å²) in [5.41, 5.74) is 8.86. The number of anilines is 1. The first-order valence-electron chi connectivity index (χ1n) is 13.8. The van der Waals surface area contributed by atoms with Gasteiger partial charge >= 0.3 is 6.09 Å². The molecule has 1 heterocycles. The van der Waals surface area contributed by atoms with Gasteiger partial charge in [0.25, 0.3) is 5.91 Å². The number of hydrogen-bond acceptors (Lipinski definition) is 7. The van der Waals surface area contributed by atoms with E-state index in [1.165, 1.54) is 16.0 Å². The van der Waals surface area contributed by atoms with Crippen molar-refractivity contribution in [3.05, 3.63) is 64.7 Å². The fourth-order valence-corrected chi connectivity index (χ4v) is 4.54. The van der Waals surface area contributed by atoms with E-state index in [-0.39, 0.29) is 43.6 Å². The number of ether oxygens (including phenoxy) is 1. The quantitative estimate of drug-likeness (QED) is 0.428. The molecule has 3 N–H and O–H groups in total. The van der Waals surface area contributed by atoms with E-state index < -0.39 is 17.6 Å². The normalized spacial score (nSPS) is 12.8. The first-order chi connectivity index (χ1) is 19.3. The monoisotopic (exact) mass is 566 g/mol. The molecule has 1 aliphatic heterocycles. The summed E-state index contributed by atoms with van der Waals surface area (Å²) >= 11 is 0. The first-order valence-corrected chi connectivity index (χ1v) is 13.8. The minimum Gasteiger partial charge on any atom is -0.444 e. The van der Waals surface area contributed by atoms with E-state index >= 15 is 0 Å². The summed E-state index contributed by atoms with van der Waals surface area (Å²) in [5, 5.41) is 6.37. The summed E-state index contributed by atoms with van der Waals surface area (Å²) in [6.07, 6.45) is -0.451. The highest BCUT2D eigenvalue weighted by atomic mass is 16.6. The molecule has 0 saturated heterocycles. The van der Waals surface area contributed by atoms with Gasteiger partial charge in [-0.25, -0.2) is 9.80 Å². The minimum absolute atomic E-state index is 0.0984. The van der Waals surface area contributed by atoms with E-state index in [1.54, 1.807) is 55.9 Å². The van der Waals surface area contributed by atoms with Crippen molar-refractivity contribution in [2.24, 2.45) is 5.73 Å². The number of fused-ring (bicyclic) bond motifs is 1. The minimum atomic E-state index is -0.622. The molecule has 0 bridgehead atoms. The number of benzene rings is 2. The second-order valence-corrected chi connectivity index (χ2v) is 11.1. The lowest BCUT2D eigenvalue weighted by molar-refractivity contribution is -0.145. The summed E-state index contributed by atoms with van der Waals surface area (Å²) in [4.78, 5) is 54.0. The van der Waals surface area contributed by atoms with E-state index in [9.17, 15) is 19.2 Å². The highest BCUT2D eigenvalue weighted by Crippen LogP contribution is 2.25. The highest BCUT2D eigenvalue weighted by molar-refractivity contribution is 5.95. The average molecular weight is 567 g/mol. The van der Waals surface area contributed by atoms with Gasteiger partial charge in [-0.1, -0.05) is 30.3 Å². The van der Waals surface area contributed by atoms with Crippen LogP contribution in [0.3, 0.4) is 0 Å². The Bertz CT molecular complexity index is 1250. The molecule has 0 unspecified atom stereocenters. The van der Waals surface area contributed by atoms with Gasteiger partial charge in [-0.2, -0.15) is 0 Å². The molecule has 0 aromatic heterocycles. The summed E-state index contributed by atoms with van der Waals surface area (Å²) in [6, 6.07) is 13.0. The van der Waals surface area contributed by atoms with Crippen molar-refractivity contribution in [2.45, 2.75) is 53.3 Å². The second kappa shape index (κ2) is 13.5. The van der Waals surface area contributed by atoms with E-state index in [0.29, 0.717) is 25.3 Å². The predicted molar refractivity (Wildman–Crippen MR) is 157 cm³/mol. The summed E-state index contributed by atoms with van der Waals surface area (Å²) in [7, 11) is 1.72. The van der Waals surface area contributed by atoms with Crippen LogP contribution in [0.4, 0.5) is 10.5 Å². The Kier molecular flexibility index (Phi) is 10.3. The van der Waals surface area contributed by atoms with Crippen LogP contribution in [0.2, 0.25) is 0 Å². The van der Waals surface area contributed by atoms with Crippen molar-refractivity contribution in [1.29, 1.82) is 0 Å². The lowest BCUT2D eigenvalue weighted by Gasteiger charge is -2.32. The number of nitrogens with one attached hydrogen (secondary N) is 1. The third-order valence-corrected chi connectivity index (χ3v) is 6.84. The molecule has 11 nitrogen and oxygen atoms in total. The zero-order valence-corrected chi connectivity index (χ0v) is 24.9. The Morgan fingerprint density at radius 1 is 1.02 bits per heavy atom.